The number of likely N-dealkylation sites (N-methyl/N-ethyl adjacent to an activating group) is 1. The number of ether oxygens (including phenoxy) is 3. The number of hydrogen-bond acceptors (Lipinski definition) is 6. The summed E-state index contributed by atoms with van der Waals surface area (Å²) in [5.74, 6) is 0.923. The Labute approximate surface area is 206 Å². The van der Waals surface area contributed by atoms with Gasteiger partial charge in [0.2, 0.25) is 0 Å². The van der Waals surface area contributed by atoms with Crippen molar-refractivity contribution in [1.82, 2.24) is 10.2 Å². The normalized spacial score (nSPS) is 15.3. The van der Waals surface area contributed by atoms with Crippen molar-refractivity contribution in [2.45, 2.75) is 52.2 Å². The van der Waals surface area contributed by atoms with E-state index in [1.807, 2.05) is 45.0 Å². The van der Waals surface area contributed by atoms with Gasteiger partial charge in [-0.2, -0.15) is 5.26 Å². The minimum atomic E-state index is -0.930. The molecule has 0 saturated carbocycles. The van der Waals surface area contributed by atoms with E-state index in [1.165, 1.54) is 0 Å². The topological polar surface area (TPSA) is 101 Å². The Morgan fingerprint density at radius 1 is 1.26 bits per heavy atom. The van der Waals surface area contributed by atoms with E-state index in [1.54, 1.807) is 30.0 Å². The van der Waals surface area contributed by atoms with Crippen molar-refractivity contribution in [2.24, 2.45) is 0 Å². The van der Waals surface area contributed by atoms with Crippen LogP contribution in [0.2, 0.25) is 0 Å². The smallest absolute Gasteiger partial charge is 0.260 e. The van der Waals surface area contributed by atoms with Crippen molar-refractivity contribution in [2.75, 3.05) is 26.5 Å². The number of nitriles is 1. The third kappa shape index (κ3) is 6.31. The number of carbonyl (C=O) groups excluding carboxylic acids is 2. The molecule has 2 aromatic carbocycles. The molecule has 2 aromatic rings. The van der Waals surface area contributed by atoms with Crippen LogP contribution in [-0.4, -0.2) is 54.8 Å². The van der Waals surface area contributed by atoms with Crippen molar-refractivity contribution in [3.8, 4) is 17.6 Å². The molecule has 0 aliphatic carbocycles. The van der Waals surface area contributed by atoms with Gasteiger partial charge in [0.05, 0.1) is 23.8 Å². The van der Waals surface area contributed by atoms with Gasteiger partial charge >= 0.3 is 0 Å². The van der Waals surface area contributed by atoms with Crippen LogP contribution in [0.5, 0.6) is 11.5 Å². The molecular formula is C27H33N3O5. The Kier molecular flexibility index (Phi) is 8.72. The number of fused-ring (bicyclic) bond motifs is 1. The summed E-state index contributed by atoms with van der Waals surface area (Å²) in [6.45, 7) is 9.09. The summed E-state index contributed by atoms with van der Waals surface area (Å²) in [5.41, 5.74) is 0.970. The Bertz CT molecular complexity index is 1080. The predicted octanol–water partition coefficient (Wildman–Crippen LogP) is 3.68. The number of nitrogens with zero attached hydrogens (tertiary/aromatic N) is 2. The van der Waals surface area contributed by atoms with Crippen LogP contribution in [0, 0.1) is 11.3 Å². The Morgan fingerprint density at radius 3 is 2.66 bits per heavy atom. The number of carbonyl (C=O) groups is 2. The molecule has 35 heavy (non-hydrogen) atoms. The molecule has 0 fully saturated rings. The second kappa shape index (κ2) is 11.7. The molecule has 0 aromatic heterocycles. The van der Waals surface area contributed by atoms with Crippen LogP contribution in [0.3, 0.4) is 0 Å². The third-order valence-corrected chi connectivity index (χ3v) is 6.04. The fourth-order valence-electron chi connectivity index (χ4n) is 4.03. The summed E-state index contributed by atoms with van der Waals surface area (Å²) in [6.07, 6.45) is 1.08. The van der Waals surface area contributed by atoms with Crippen molar-refractivity contribution in [3.05, 3.63) is 59.2 Å². The molecule has 2 atom stereocenters. The molecule has 0 radical (unpaired) electrons. The van der Waals surface area contributed by atoms with Gasteiger partial charge in [0.25, 0.3) is 11.8 Å². The zero-order valence-electron chi connectivity index (χ0n) is 20.8. The molecule has 1 heterocycles. The Balaban J connectivity index is 1.53. The maximum Gasteiger partial charge on any atom is 0.260 e. The van der Waals surface area contributed by atoms with Crippen LogP contribution in [0.15, 0.2) is 42.5 Å². The molecule has 2 amide bonds. The van der Waals surface area contributed by atoms with Gasteiger partial charge in [0, 0.05) is 32.0 Å². The number of nitrogens with one attached hydrogen (secondary N) is 1. The molecule has 0 bridgehead atoms. The molecule has 0 saturated heterocycles. The van der Waals surface area contributed by atoms with Gasteiger partial charge in [-0.15, -0.1) is 0 Å². The van der Waals surface area contributed by atoms with Crippen molar-refractivity contribution >= 4 is 11.8 Å². The van der Waals surface area contributed by atoms with Crippen LogP contribution in [0.1, 0.15) is 55.6 Å². The first kappa shape index (κ1) is 26.0. The minimum Gasteiger partial charge on any atom is -0.494 e. The highest BCUT2D eigenvalue weighted by molar-refractivity contribution is 5.98. The molecule has 186 valence electrons. The summed E-state index contributed by atoms with van der Waals surface area (Å²) in [5, 5.41) is 11.9. The average Bonchev–Trinajstić information content (AvgIpc) is 2.85. The van der Waals surface area contributed by atoms with Gasteiger partial charge in [-0.1, -0.05) is 12.1 Å². The number of benzene rings is 2. The van der Waals surface area contributed by atoms with Gasteiger partial charge in [-0.25, -0.2) is 0 Å². The van der Waals surface area contributed by atoms with Gasteiger partial charge in [0.1, 0.15) is 17.1 Å². The summed E-state index contributed by atoms with van der Waals surface area (Å²) in [4.78, 5) is 27.0. The summed E-state index contributed by atoms with van der Waals surface area (Å²) in [7, 11) is 0. The largest absolute Gasteiger partial charge is 0.494 e. The van der Waals surface area contributed by atoms with Crippen LogP contribution in [-0.2, 0) is 16.0 Å². The number of amides is 2. The SMILES string of the molecule is CCNC(=O)C(C)(Cc1ccc(OCCC(C)N2COc3cc(C#N)ccc3C2=O)cc1)OCC. The quantitative estimate of drug-likeness (QED) is 0.528. The summed E-state index contributed by atoms with van der Waals surface area (Å²) >= 11 is 0. The van der Waals surface area contributed by atoms with E-state index < -0.39 is 5.60 Å². The standard InChI is InChI=1S/C27H33N3O5/c1-5-29-26(32)27(4,35-6-2)16-20-7-10-22(11-8-20)33-14-13-19(3)30-18-34-24-15-21(17-28)9-12-23(24)25(30)31/h7-12,15,19H,5-6,13-14,16,18H2,1-4H3,(H,29,32). The number of hydrogen-bond donors (Lipinski definition) is 1. The zero-order valence-corrected chi connectivity index (χ0v) is 20.8. The Hall–Kier alpha value is -3.57. The molecule has 8 heteroatoms. The fraction of sp³-hybridized carbons (Fsp3) is 0.444. The maximum absolute atomic E-state index is 12.9. The monoisotopic (exact) mass is 479 g/mol. The lowest BCUT2D eigenvalue weighted by Gasteiger charge is -2.33. The molecule has 3 rings (SSSR count). The van der Waals surface area contributed by atoms with E-state index in [0.717, 1.165) is 5.56 Å². The van der Waals surface area contributed by atoms with E-state index in [4.69, 9.17) is 19.5 Å². The predicted molar refractivity (Wildman–Crippen MR) is 131 cm³/mol. The van der Waals surface area contributed by atoms with Gasteiger partial charge < -0.3 is 24.4 Å². The molecule has 1 aliphatic rings. The van der Waals surface area contributed by atoms with E-state index in [9.17, 15) is 9.59 Å². The van der Waals surface area contributed by atoms with Crippen molar-refractivity contribution in [3.63, 3.8) is 0 Å². The lowest BCUT2D eigenvalue weighted by molar-refractivity contribution is -0.144. The van der Waals surface area contributed by atoms with Crippen LogP contribution in [0.25, 0.3) is 0 Å². The highest BCUT2D eigenvalue weighted by Gasteiger charge is 2.34. The molecule has 8 nitrogen and oxygen atoms in total. The molecule has 2 unspecified atom stereocenters. The van der Waals surface area contributed by atoms with Crippen LogP contribution >= 0.6 is 0 Å². The third-order valence-electron chi connectivity index (χ3n) is 6.04. The first-order valence-corrected chi connectivity index (χ1v) is 11.9. The zero-order chi connectivity index (χ0) is 25.4. The minimum absolute atomic E-state index is 0.0884. The summed E-state index contributed by atoms with van der Waals surface area (Å²) in [6, 6.07) is 14.4. The van der Waals surface area contributed by atoms with E-state index >= 15 is 0 Å². The molecule has 1 aliphatic heterocycles. The van der Waals surface area contributed by atoms with Crippen molar-refractivity contribution in [1.29, 1.82) is 5.26 Å². The number of rotatable bonds is 11. The van der Waals surface area contributed by atoms with E-state index in [-0.39, 0.29) is 24.6 Å². The van der Waals surface area contributed by atoms with Crippen LogP contribution in [0.4, 0.5) is 0 Å². The fourth-order valence-corrected chi connectivity index (χ4v) is 4.03. The second-order valence-electron chi connectivity index (χ2n) is 8.70. The summed E-state index contributed by atoms with van der Waals surface area (Å²) < 4.78 is 17.4. The first-order valence-electron chi connectivity index (χ1n) is 11.9. The average molecular weight is 480 g/mol. The van der Waals surface area contributed by atoms with E-state index in [2.05, 4.69) is 11.4 Å². The molecular weight excluding hydrogens is 446 g/mol. The maximum atomic E-state index is 12.9. The van der Waals surface area contributed by atoms with Gasteiger partial charge in [-0.3, -0.25) is 9.59 Å². The highest BCUT2D eigenvalue weighted by Crippen LogP contribution is 2.28. The Morgan fingerprint density at radius 2 is 2.00 bits per heavy atom. The van der Waals surface area contributed by atoms with Crippen LogP contribution < -0.4 is 14.8 Å². The van der Waals surface area contributed by atoms with Gasteiger partial charge in [0.15, 0.2) is 6.73 Å². The lowest BCUT2D eigenvalue weighted by atomic mass is 9.95. The van der Waals surface area contributed by atoms with E-state index in [0.29, 0.717) is 55.2 Å². The molecule has 0 spiro atoms. The van der Waals surface area contributed by atoms with Crippen molar-refractivity contribution < 1.29 is 23.8 Å². The molecule has 1 N–H and O–H groups in total. The highest BCUT2D eigenvalue weighted by atomic mass is 16.5. The second-order valence-corrected chi connectivity index (χ2v) is 8.70. The first-order chi connectivity index (χ1) is 16.8. The van der Waals surface area contributed by atoms with Gasteiger partial charge in [-0.05, 0) is 63.6 Å². The lowest BCUT2D eigenvalue weighted by Crippen LogP contribution is -2.48.